The molecule has 0 unspecified atom stereocenters. The number of nitrogens with zero attached hydrogens (tertiary/aromatic N) is 2. The monoisotopic (exact) mass is 286 g/mol. The van der Waals surface area contributed by atoms with E-state index >= 15 is 0 Å². The van der Waals surface area contributed by atoms with E-state index in [2.05, 4.69) is 36.7 Å². The lowest BCUT2D eigenvalue weighted by molar-refractivity contribution is 0.295. The van der Waals surface area contributed by atoms with E-state index in [1.165, 1.54) is 18.5 Å². The predicted molar refractivity (Wildman–Crippen MR) is 68.8 cm³/mol. The third-order valence-corrected chi connectivity index (χ3v) is 3.69. The van der Waals surface area contributed by atoms with Crippen LogP contribution in [0.4, 0.5) is 0 Å². The van der Waals surface area contributed by atoms with Crippen molar-refractivity contribution < 1.29 is 0 Å². The molecule has 1 saturated carbocycles. The van der Waals surface area contributed by atoms with Gasteiger partial charge in [-0.1, -0.05) is 20.8 Å². The lowest BCUT2D eigenvalue weighted by Crippen LogP contribution is -2.28. The third-order valence-electron chi connectivity index (χ3n) is 2.95. The number of hydrogen-bond donors (Lipinski definition) is 0. The molecule has 0 amide bonds. The molecular formula is C12H19BrN2O. The highest BCUT2D eigenvalue weighted by Crippen LogP contribution is 2.42. The Morgan fingerprint density at radius 1 is 1.38 bits per heavy atom. The van der Waals surface area contributed by atoms with Gasteiger partial charge in [0.1, 0.15) is 4.47 Å². The molecule has 16 heavy (non-hydrogen) atoms. The Bertz CT molecular complexity index is 461. The van der Waals surface area contributed by atoms with Crippen LogP contribution in [0, 0.1) is 5.41 Å². The van der Waals surface area contributed by atoms with Crippen LogP contribution >= 0.6 is 15.9 Å². The Morgan fingerprint density at radius 2 is 1.94 bits per heavy atom. The van der Waals surface area contributed by atoms with Crippen LogP contribution in [-0.4, -0.2) is 9.36 Å². The minimum absolute atomic E-state index is 0.110. The van der Waals surface area contributed by atoms with Crippen LogP contribution in [0.1, 0.15) is 45.2 Å². The summed E-state index contributed by atoms with van der Waals surface area (Å²) in [6, 6.07) is 0. The van der Waals surface area contributed by atoms with Crippen LogP contribution in [0.2, 0.25) is 0 Å². The van der Waals surface area contributed by atoms with E-state index in [1.807, 2.05) is 16.4 Å². The fourth-order valence-corrected chi connectivity index (χ4v) is 2.84. The summed E-state index contributed by atoms with van der Waals surface area (Å²) in [6.07, 6.45) is 2.43. The second-order valence-corrected chi connectivity index (χ2v) is 6.71. The van der Waals surface area contributed by atoms with Gasteiger partial charge in [0, 0.05) is 19.5 Å². The summed E-state index contributed by atoms with van der Waals surface area (Å²) in [7, 11) is 1.99. The first-order chi connectivity index (χ1) is 7.31. The van der Waals surface area contributed by atoms with Gasteiger partial charge in [-0.05, 0) is 34.2 Å². The van der Waals surface area contributed by atoms with Crippen LogP contribution < -0.4 is 5.56 Å². The van der Waals surface area contributed by atoms with Crippen molar-refractivity contribution in [3.8, 4) is 0 Å². The zero-order valence-corrected chi connectivity index (χ0v) is 12.0. The van der Waals surface area contributed by atoms with Gasteiger partial charge in [-0.2, -0.15) is 0 Å². The Labute approximate surface area is 105 Å². The van der Waals surface area contributed by atoms with E-state index in [9.17, 15) is 4.79 Å². The molecule has 1 aliphatic rings. The van der Waals surface area contributed by atoms with Gasteiger partial charge in [-0.3, -0.25) is 9.48 Å². The van der Waals surface area contributed by atoms with E-state index in [1.54, 1.807) is 0 Å². The molecule has 0 N–H and O–H groups in total. The van der Waals surface area contributed by atoms with Crippen molar-refractivity contribution in [3.05, 3.63) is 20.5 Å². The van der Waals surface area contributed by atoms with Crippen molar-refractivity contribution in [1.29, 1.82) is 0 Å². The summed E-state index contributed by atoms with van der Waals surface area (Å²) < 4.78 is 4.65. The molecule has 1 fully saturated rings. The maximum atomic E-state index is 12.1. The maximum absolute atomic E-state index is 12.1. The maximum Gasteiger partial charge on any atom is 0.281 e. The van der Waals surface area contributed by atoms with Crippen molar-refractivity contribution in [1.82, 2.24) is 9.36 Å². The quantitative estimate of drug-likeness (QED) is 0.821. The fraction of sp³-hybridized carbons (Fsp3) is 0.750. The zero-order valence-electron chi connectivity index (χ0n) is 10.4. The van der Waals surface area contributed by atoms with Crippen LogP contribution in [0.25, 0.3) is 0 Å². The van der Waals surface area contributed by atoms with Crippen LogP contribution in [0.5, 0.6) is 0 Å². The van der Waals surface area contributed by atoms with Crippen molar-refractivity contribution in [2.75, 3.05) is 0 Å². The summed E-state index contributed by atoms with van der Waals surface area (Å²) in [6.45, 7) is 7.21. The molecule has 90 valence electrons. The molecule has 0 radical (unpaired) electrons. The van der Waals surface area contributed by atoms with Gasteiger partial charge >= 0.3 is 0 Å². The van der Waals surface area contributed by atoms with E-state index in [-0.39, 0.29) is 11.0 Å². The zero-order chi connectivity index (χ0) is 12.1. The highest BCUT2D eigenvalue weighted by Gasteiger charge is 2.32. The van der Waals surface area contributed by atoms with E-state index in [0.29, 0.717) is 5.92 Å². The Kier molecular flexibility index (Phi) is 2.81. The molecule has 1 aliphatic carbocycles. The van der Waals surface area contributed by atoms with Gasteiger partial charge in [0.05, 0.1) is 5.69 Å². The summed E-state index contributed by atoms with van der Waals surface area (Å²) in [4.78, 5) is 12.1. The average Bonchev–Trinajstić information content (AvgIpc) is 2.92. The molecule has 1 aromatic heterocycles. The summed E-state index contributed by atoms with van der Waals surface area (Å²) >= 11 is 3.45. The first-order valence-electron chi connectivity index (χ1n) is 5.76. The van der Waals surface area contributed by atoms with Gasteiger partial charge in [0.15, 0.2) is 0 Å². The van der Waals surface area contributed by atoms with Crippen LogP contribution in [0.15, 0.2) is 9.27 Å². The highest BCUT2D eigenvalue weighted by molar-refractivity contribution is 9.10. The molecule has 0 bridgehead atoms. The lowest BCUT2D eigenvalue weighted by Gasteiger charge is -2.20. The Hall–Kier alpha value is -0.510. The average molecular weight is 287 g/mol. The Morgan fingerprint density at radius 3 is 2.38 bits per heavy atom. The van der Waals surface area contributed by atoms with Crippen molar-refractivity contribution >= 4 is 15.9 Å². The molecular weight excluding hydrogens is 268 g/mol. The summed E-state index contributed by atoms with van der Waals surface area (Å²) in [5.41, 5.74) is 1.41. The number of halogens is 1. The SMILES string of the molecule is Cn1c(C2CC2)c(Br)c(=O)n1CC(C)(C)C. The minimum atomic E-state index is 0.110. The van der Waals surface area contributed by atoms with Crippen molar-refractivity contribution in [2.45, 2.75) is 46.1 Å². The second kappa shape index (κ2) is 3.76. The minimum Gasteiger partial charge on any atom is -0.288 e. The normalized spacial score (nSPS) is 16.8. The van der Waals surface area contributed by atoms with Gasteiger partial charge < -0.3 is 0 Å². The summed E-state index contributed by atoms with van der Waals surface area (Å²) in [5, 5.41) is 0. The standard InChI is InChI=1S/C12H19BrN2O/c1-12(2,3)7-15-11(16)9(13)10(14(15)4)8-5-6-8/h8H,5-7H2,1-4H3. The number of aromatic nitrogens is 2. The number of hydrogen-bond acceptors (Lipinski definition) is 1. The van der Waals surface area contributed by atoms with E-state index in [4.69, 9.17) is 0 Å². The van der Waals surface area contributed by atoms with Crippen molar-refractivity contribution in [2.24, 2.45) is 12.5 Å². The van der Waals surface area contributed by atoms with E-state index in [0.717, 1.165) is 11.0 Å². The molecule has 0 aromatic carbocycles. The van der Waals surface area contributed by atoms with E-state index < -0.39 is 0 Å². The molecule has 0 aliphatic heterocycles. The molecule has 1 aromatic rings. The fourth-order valence-electron chi connectivity index (χ4n) is 2.06. The largest absolute Gasteiger partial charge is 0.288 e. The molecule has 0 atom stereocenters. The Balaban J connectivity index is 2.46. The van der Waals surface area contributed by atoms with Gasteiger partial charge in [0.2, 0.25) is 0 Å². The predicted octanol–water partition coefficient (Wildman–Crippen LogP) is 2.87. The van der Waals surface area contributed by atoms with Gasteiger partial charge in [0.25, 0.3) is 5.56 Å². The smallest absolute Gasteiger partial charge is 0.281 e. The van der Waals surface area contributed by atoms with Crippen LogP contribution in [-0.2, 0) is 13.6 Å². The second-order valence-electron chi connectivity index (χ2n) is 5.92. The topological polar surface area (TPSA) is 26.9 Å². The lowest BCUT2D eigenvalue weighted by atomic mass is 9.97. The van der Waals surface area contributed by atoms with Gasteiger partial charge in [-0.25, -0.2) is 4.68 Å². The van der Waals surface area contributed by atoms with Crippen molar-refractivity contribution in [3.63, 3.8) is 0 Å². The summed E-state index contributed by atoms with van der Waals surface area (Å²) in [5.74, 6) is 0.591. The molecule has 3 nitrogen and oxygen atoms in total. The first kappa shape index (κ1) is 12.0. The van der Waals surface area contributed by atoms with Gasteiger partial charge in [-0.15, -0.1) is 0 Å². The number of rotatable bonds is 2. The first-order valence-corrected chi connectivity index (χ1v) is 6.56. The molecule has 0 spiro atoms. The van der Waals surface area contributed by atoms with Crippen LogP contribution in [0.3, 0.4) is 0 Å². The highest BCUT2D eigenvalue weighted by atomic mass is 79.9. The molecule has 4 heteroatoms. The molecule has 1 heterocycles. The third kappa shape index (κ3) is 2.12. The molecule has 2 rings (SSSR count). The molecule has 0 saturated heterocycles.